The minimum atomic E-state index is 0.362. The molecule has 1 aliphatic rings. The second-order valence-corrected chi connectivity index (χ2v) is 3.74. The van der Waals surface area contributed by atoms with Crippen molar-refractivity contribution in [2.24, 2.45) is 5.73 Å². The first-order valence-electron chi connectivity index (χ1n) is 5.21. The molecule has 0 saturated carbocycles. The smallest absolute Gasteiger partial charge is 0.0771 e. The zero-order chi connectivity index (χ0) is 9.80. The van der Waals surface area contributed by atoms with Gasteiger partial charge in [-0.05, 0) is 31.4 Å². The van der Waals surface area contributed by atoms with Crippen molar-refractivity contribution in [1.82, 2.24) is 9.78 Å². The fourth-order valence-electron chi connectivity index (χ4n) is 1.80. The number of aromatic nitrogens is 2. The van der Waals surface area contributed by atoms with Crippen LogP contribution in [0.25, 0.3) is 0 Å². The number of ether oxygens (including phenoxy) is 1. The third-order valence-electron chi connectivity index (χ3n) is 2.53. The van der Waals surface area contributed by atoms with Gasteiger partial charge in [0.2, 0.25) is 0 Å². The molecule has 1 aromatic heterocycles. The Morgan fingerprint density at radius 3 is 3.29 bits per heavy atom. The Hall–Kier alpha value is -0.870. The van der Waals surface area contributed by atoms with E-state index < -0.39 is 0 Å². The molecule has 0 radical (unpaired) electrons. The Labute approximate surface area is 84.0 Å². The van der Waals surface area contributed by atoms with Crippen LogP contribution < -0.4 is 5.73 Å². The molecule has 2 rings (SSSR count). The first-order valence-corrected chi connectivity index (χ1v) is 5.21. The fraction of sp³-hybridized carbons (Fsp3) is 0.700. The van der Waals surface area contributed by atoms with Crippen LogP contribution in [-0.4, -0.2) is 29.0 Å². The van der Waals surface area contributed by atoms with Gasteiger partial charge in [0, 0.05) is 12.8 Å². The second kappa shape index (κ2) is 4.57. The minimum absolute atomic E-state index is 0.362. The molecular weight excluding hydrogens is 178 g/mol. The number of hydrogen-bond acceptors (Lipinski definition) is 3. The van der Waals surface area contributed by atoms with Crippen LogP contribution in [0.4, 0.5) is 0 Å². The summed E-state index contributed by atoms with van der Waals surface area (Å²) in [4.78, 5) is 0. The zero-order valence-corrected chi connectivity index (χ0v) is 8.35. The van der Waals surface area contributed by atoms with Crippen molar-refractivity contribution in [1.29, 1.82) is 0 Å². The quantitative estimate of drug-likeness (QED) is 0.764. The highest BCUT2D eigenvalue weighted by Gasteiger charge is 2.16. The zero-order valence-electron chi connectivity index (χ0n) is 8.35. The van der Waals surface area contributed by atoms with Crippen molar-refractivity contribution < 1.29 is 4.74 Å². The Balaban J connectivity index is 1.88. The first-order chi connectivity index (χ1) is 6.88. The molecule has 0 spiro atoms. The topological polar surface area (TPSA) is 53.1 Å². The fourth-order valence-corrected chi connectivity index (χ4v) is 1.80. The molecule has 1 fully saturated rings. The van der Waals surface area contributed by atoms with Gasteiger partial charge in [0.15, 0.2) is 0 Å². The number of nitrogens with two attached hydrogens (primary N) is 1. The van der Waals surface area contributed by atoms with Gasteiger partial charge in [-0.25, -0.2) is 0 Å². The molecule has 1 unspecified atom stereocenters. The van der Waals surface area contributed by atoms with E-state index in [9.17, 15) is 0 Å². The molecule has 1 aromatic rings. The Kier molecular flexibility index (Phi) is 3.16. The van der Waals surface area contributed by atoms with Gasteiger partial charge in [0.25, 0.3) is 0 Å². The van der Waals surface area contributed by atoms with Crippen LogP contribution in [-0.2, 0) is 17.7 Å². The second-order valence-electron chi connectivity index (χ2n) is 3.74. The maximum Gasteiger partial charge on any atom is 0.0771 e. The molecule has 78 valence electrons. The molecule has 1 saturated heterocycles. The molecule has 0 aromatic carbocycles. The van der Waals surface area contributed by atoms with Crippen molar-refractivity contribution >= 4 is 0 Å². The van der Waals surface area contributed by atoms with Crippen LogP contribution in [0.1, 0.15) is 18.4 Å². The lowest BCUT2D eigenvalue weighted by Crippen LogP contribution is -2.15. The van der Waals surface area contributed by atoms with Gasteiger partial charge in [-0.2, -0.15) is 5.10 Å². The lowest BCUT2D eigenvalue weighted by Gasteiger charge is -2.08. The molecule has 0 bridgehead atoms. The van der Waals surface area contributed by atoms with E-state index in [4.69, 9.17) is 10.5 Å². The number of hydrogen-bond donors (Lipinski definition) is 1. The molecule has 0 aliphatic carbocycles. The highest BCUT2D eigenvalue weighted by molar-refractivity contribution is 5.04. The van der Waals surface area contributed by atoms with Gasteiger partial charge in [0.05, 0.1) is 18.8 Å². The summed E-state index contributed by atoms with van der Waals surface area (Å²) in [7, 11) is 0. The highest BCUT2D eigenvalue weighted by Crippen LogP contribution is 2.13. The molecule has 2 N–H and O–H groups in total. The van der Waals surface area contributed by atoms with E-state index in [-0.39, 0.29) is 0 Å². The summed E-state index contributed by atoms with van der Waals surface area (Å²) in [5.41, 5.74) is 6.69. The Bertz CT molecular complexity index is 279. The van der Waals surface area contributed by atoms with Crippen LogP contribution in [0.15, 0.2) is 12.4 Å². The van der Waals surface area contributed by atoms with Gasteiger partial charge < -0.3 is 10.5 Å². The lowest BCUT2D eigenvalue weighted by atomic mass is 10.2. The molecule has 1 atom stereocenters. The summed E-state index contributed by atoms with van der Waals surface area (Å²) < 4.78 is 7.50. The summed E-state index contributed by atoms with van der Waals surface area (Å²) in [5.74, 6) is 0. The molecule has 4 nitrogen and oxygen atoms in total. The van der Waals surface area contributed by atoms with Crippen molar-refractivity contribution in [3.63, 3.8) is 0 Å². The molecule has 14 heavy (non-hydrogen) atoms. The summed E-state index contributed by atoms with van der Waals surface area (Å²) in [6.07, 6.45) is 7.57. The third-order valence-corrected chi connectivity index (χ3v) is 2.53. The minimum Gasteiger partial charge on any atom is -0.376 e. The van der Waals surface area contributed by atoms with Crippen molar-refractivity contribution in [3.05, 3.63) is 18.0 Å². The standard InChI is InChI=1S/C10H17N3O/c11-4-3-9-6-12-13(7-9)8-10-2-1-5-14-10/h6-7,10H,1-5,8,11H2. The Morgan fingerprint density at radius 1 is 1.64 bits per heavy atom. The van der Waals surface area contributed by atoms with Crippen LogP contribution in [0.2, 0.25) is 0 Å². The van der Waals surface area contributed by atoms with Crippen LogP contribution >= 0.6 is 0 Å². The summed E-state index contributed by atoms with van der Waals surface area (Å²) in [5, 5.41) is 4.28. The summed E-state index contributed by atoms with van der Waals surface area (Å²) >= 11 is 0. The van der Waals surface area contributed by atoms with Gasteiger partial charge in [-0.15, -0.1) is 0 Å². The van der Waals surface area contributed by atoms with E-state index in [1.54, 1.807) is 0 Å². The summed E-state index contributed by atoms with van der Waals surface area (Å²) in [6.45, 7) is 2.47. The molecule has 1 aliphatic heterocycles. The Morgan fingerprint density at radius 2 is 2.57 bits per heavy atom. The largest absolute Gasteiger partial charge is 0.376 e. The lowest BCUT2D eigenvalue weighted by molar-refractivity contribution is 0.0940. The van der Waals surface area contributed by atoms with Gasteiger partial charge in [-0.3, -0.25) is 4.68 Å². The molecule has 0 amide bonds. The van der Waals surface area contributed by atoms with Crippen LogP contribution in [0, 0.1) is 0 Å². The maximum atomic E-state index is 5.54. The predicted molar refractivity (Wildman–Crippen MR) is 54.0 cm³/mol. The van der Waals surface area contributed by atoms with Gasteiger partial charge >= 0.3 is 0 Å². The van der Waals surface area contributed by atoms with E-state index in [1.807, 2.05) is 10.9 Å². The molecule has 4 heteroatoms. The van der Waals surface area contributed by atoms with E-state index in [2.05, 4.69) is 11.3 Å². The first kappa shape index (κ1) is 9.68. The predicted octanol–water partition coefficient (Wildman–Crippen LogP) is 0.563. The van der Waals surface area contributed by atoms with Gasteiger partial charge in [-0.1, -0.05) is 0 Å². The van der Waals surface area contributed by atoms with Crippen molar-refractivity contribution in [3.8, 4) is 0 Å². The number of rotatable bonds is 4. The summed E-state index contributed by atoms with van der Waals surface area (Å²) in [6, 6.07) is 0. The maximum absolute atomic E-state index is 5.54. The molecular formula is C10H17N3O. The van der Waals surface area contributed by atoms with E-state index in [1.165, 1.54) is 12.0 Å². The third kappa shape index (κ3) is 2.33. The molecule has 2 heterocycles. The van der Waals surface area contributed by atoms with Crippen molar-refractivity contribution in [2.45, 2.75) is 31.9 Å². The monoisotopic (exact) mass is 195 g/mol. The van der Waals surface area contributed by atoms with Crippen LogP contribution in [0.3, 0.4) is 0 Å². The van der Waals surface area contributed by atoms with E-state index in [0.717, 1.165) is 26.0 Å². The van der Waals surface area contributed by atoms with E-state index >= 15 is 0 Å². The van der Waals surface area contributed by atoms with Crippen molar-refractivity contribution in [2.75, 3.05) is 13.2 Å². The normalized spacial score (nSPS) is 21.6. The highest BCUT2D eigenvalue weighted by atomic mass is 16.5. The van der Waals surface area contributed by atoms with E-state index in [0.29, 0.717) is 12.6 Å². The van der Waals surface area contributed by atoms with Crippen LogP contribution in [0.5, 0.6) is 0 Å². The average molecular weight is 195 g/mol. The average Bonchev–Trinajstić information content (AvgIpc) is 2.79. The number of nitrogens with zero attached hydrogens (tertiary/aromatic N) is 2. The van der Waals surface area contributed by atoms with Gasteiger partial charge in [0.1, 0.15) is 0 Å². The SMILES string of the molecule is NCCc1cnn(CC2CCCO2)c1.